The molecule has 3 aromatic rings. The lowest BCUT2D eigenvalue weighted by Crippen LogP contribution is -2.19. The van der Waals surface area contributed by atoms with Crippen LogP contribution in [0.4, 0.5) is 0 Å². The number of aromatic nitrogens is 1. The molecule has 0 unspecified atom stereocenters. The minimum absolute atomic E-state index is 0.324. The maximum atomic E-state index is 12.6. The third-order valence-electron chi connectivity index (χ3n) is 3.75. The Hall–Kier alpha value is -2.15. The fourth-order valence-electron chi connectivity index (χ4n) is 2.57. The Labute approximate surface area is 160 Å². The topological polar surface area (TPSA) is 52.8 Å². The SMILES string of the molecule is CCOc1ccc2c(c1)sc(=NC(=O)c1cccc(Cl)c1)n2CCOC. The predicted molar refractivity (Wildman–Crippen MR) is 104 cm³/mol. The van der Waals surface area contributed by atoms with Crippen LogP contribution in [0, 0.1) is 0 Å². The third kappa shape index (κ3) is 4.15. The van der Waals surface area contributed by atoms with Gasteiger partial charge in [-0.3, -0.25) is 4.79 Å². The van der Waals surface area contributed by atoms with Crippen LogP contribution in [0.1, 0.15) is 17.3 Å². The van der Waals surface area contributed by atoms with Crippen molar-refractivity contribution < 1.29 is 14.3 Å². The number of hydrogen-bond donors (Lipinski definition) is 0. The lowest BCUT2D eigenvalue weighted by atomic mass is 10.2. The van der Waals surface area contributed by atoms with Gasteiger partial charge in [0.2, 0.25) is 0 Å². The average molecular weight is 391 g/mol. The molecule has 0 atom stereocenters. The van der Waals surface area contributed by atoms with E-state index in [2.05, 4.69) is 4.99 Å². The van der Waals surface area contributed by atoms with Gasteiger partial charge in [0.15, 0.2) is 4.80 Å². The van der Waals surface area contributed by atoms with E-state index in [1.807, 2.05) is 29.7 Å². The summed E-state index contributed by atoms with van der Waals surface area (Å²) in [5.74, 6) is 0.475. The average Bonchev–Trinajstić information content (AvgIpc) is 2.96. The molecule has 0 aliphatic carbocycles. The maximum absolute atomic E-state index is 12.6. The first kappa shape index (κ1) is 18.6. The highest BCUT2D eigenvalue weighted by atomic mass is 35.5. The van der Waals surface area contributed by atoms with E-state index in [-0.39, 0.29) is 5.91 Å². The zero-order valence-electron chi connectivity index (χ0n) is 14.6. The minimum atomic E-state index is -0.324. The Morgan fingerprint density at radius 1 is 1.27 bits per heavy atom. The Balaban J connectivity index is 2.08. The summed E-state index contributed by atoms with van der Waals surface area (Å²) >= 11 is 7.42. The van der Waals surface area contributed by atoms with Crippen LogP contribution in [-0.2, 0) is 11.3 Å². The molecule has 5 nitrogen and oxygen atoms in total. The van der Waals surface area contributed by atoms with Crippen molar-refractivity contribution in [2.45, 2.75) is 13.5 Å². The molecule has 1 aromatic heterocycles. The second-order valence-electron chi connectivity index (χ2n) is 5.52. The van der Waals surface area contributed by atoms with E-state index in [4.69, 9.17) is 21.1 Å². The molecule has 0 bridgehead atoms. The number of thiazole rings is 1. The van der Waals surface area contributed by atoms with Gasteiger partial charge in [-0.2, -0.15) is 4.99 Å². The molecule has 2 aromatic carbocycles. The lowest BCUT2D eigenvalue weighted by Gasteiger charge is -2.06. The van der Waals surface area contributed by atoms with E-state index in [9.17, 15) is 4.79 Å². The quantitative estimate of drug-likeness (QED) is 0.635. The monoisotopic (exact) mass is 390 g/mol. The molecule has 0 N–H and O–H groups in total. The molecule has 0 aliphatic heterocycles. The zero-order valence-corrected chi connectivity index (χ0v) is 16.1. The number of hydrogen-bond acceptors (Lipinski definition) is 4. The summed E-state index contributed by atoms with van der Waals surface area (Å²) in [4.78, 5) is 17.5. The highest BCUT2D eigenvalue weighted by molar-refractivity contribution is 7.16. The van der Waals surface area contributed by atoms with Crippen molar-refractivity contribution in [1.29, 1.82) is 0 Å². The van der Waals surface area contributed by atoms with E-state index in [0.29, 0.717) is 35.1 Å². The number of carbonyl (C=O) groups is 1. The summed E-state index contributed by atoms with van der Waals surface area (Å²) in [5, 5.41) is 0.510. The fraction of sp³-hybridized carbons (Fsp3) is 0.263. The van der Waals surface area contributed by atoms with Crippen molar-refractivity contribution in [3.63, 3.8) is 0 Å². The zero-order chi connectivity index (χ0) is 18.5. The van der Waals surface area contributed by atoms with Crippen molar-refractivity contribution >= 4 is 39.1 Å². The van der Waals surface area contributed by atoms with Gasteiger partial charge in [-0.05, 0) is 43.3 Å². The molecule has 0 spiro atoms. The van der Waals surface area contributed by atoms with Crippen LogP contribution >= 0.6 is 22.9 Å². The smallest absolute Gasteiger partial charge is 0.279 e. The molecule has 136 valence electrons. The number of ether oxygens (including phenoxy) is 2. The van der Waals surface area contributed by atoms with Gasteiger partial charge in [0.05, 0.1) is 23.4 Å². The van der Waals surface area contributed by atoms with Gasteiger partial charge >= 0.3 is 0 Å². The van der Waals surface area contributed by atoms with E-state index < -0.39 is 0 Å². The summed E-state index contributed by atoms with van der Waals surface area (Å²) < 4.78 is 13.8. The maximum Gasteiger partial charge on any atom is 0.279 e. The number of amides is 1. The van der Waals surface area contributed by atoms with E-state index in [1.165, 1.54) is 11.3 Å². The third-order valence-corrected chi connectivity index (χ3v) is 5.03. The molecule has 7 heteroatoms. The number of methoxy groups -OCH3 is 1. The first-order chi connectivity index (χ1) is 12.6. The molecule has 0 aliphatic rings. The predicted octanol–water partition coefficient (Wildman–Crippen LogP) is 4.14. The lowest BCUT2D eigenvalue weighted by molar-refractivity contribution is 0.0997. The molecule has 0 saturated heterocycles. The Morgan fingerprint density at radius 2 is 2.12 bits per heavy atom. The van der Waals surface area contributed by atoms with Crippen molar-refractivity contribution in [3.8, 4) is 5.75 Å². The van der Waals surface area contributed by atoms with Crippen molar-refractivity contribution in [2.24, 2.45) is 4.99 Å². The Kier molecular flexibility index (Phi) is 6.08. The largest absolute Gasteiger partial charge is 0.494 e. The summed E-state index contributed by atoms with van der Waals surface area (Å²) in [5.41, 5.74) is 1.46. The van der Waals surface area contributed by atoms with Crippen molar-refractivity contribution in [1.82, 2.24) is 4.57 Å². The van der Waals surface area contributed by atoms with Gasteiger partial charge in [-0.15, -0.1) is 0 Å². The van der Waals surface area contributed by atoms with E-state index in [0.717, 1.165) is 16.0 Å². The molecular formula is C19H19ClN2O3S. The molecule has 1 heterocycles. The molecule has 0 saturated carbocycles. The Morgan fingerprint density at radius 3 is 2.85 bits per heavy atom. The molecule has 26 heavy (non-hydrogen) atoms. The van der Waals surface area contributed by atoms with Gasteiger partial charge < -0.3 is 14.0 Å². The first-order valence-electron chi connectivity index (χ1n) is 8.22. The molecule has 3 rings (SSSR count). The van der Waals surface area contributed by atoms with Crippen LogP contribution in [0.25, 0.3) is 10.2 Å². The number of nitrogens with zero attached hydrogens (tertiary/aromatic N) is 2. The highest BCUT2D eigenvalue weighted by Crippen LogP contribution is 2.23. The van der Waals surface area contributed by atoms with Crippen LogP contribution in [0.15, 0.2) is 47.5 Å². The number of carbonyl (C=O) groups excluding carboxylic acids is 1. The highest BCUT2D eigenvalue weighted by Gasteiger charge is 2.10. The number of benzene rings is 2. The van der Waals surface area contributed by atoms with Crippen LogP contribution in [-0.4, -0.2) is 30.8 Å². The molecule has 1 amide bonds. The van der Waals surface area contributed by atoms with E-state index >= 15 is 0 Å². The summed E-state index contributed by atoms with van der Waals surface area (Å²) in [6.45, 7) is 3.68. The molecular weight excluding hydrogens is 372 g/mol. The second kappa shape index (κ2) is 8.49. The van der Waals surface area contributed by atoms with Gasteiger partial charge in [-0.1, -0.05) is 29.0 Å². The second-order valence-corrected chi connectivity index (χ2v) is 6.96. The van der Waals surface area contributed by atoms with Crippen molar-refractivity contribution in [3.05, 3.63) is 57.9 Å². The Bertz CT molecular complexity index is 994. The van der Waals surface area contributed by atoms with Crippen LogP contribution < -0.4 is 9.54 Å². The standard InChI is InChI=1S/C19H19ClN2O3S/c1-3-25-15-7-8-16-17(12-15)26-19(22(16)9-10-24-2)21-18(23)13-5-4-6-14(20)11-13/h4-8,11-12H,3,9-10H2,1-2H3. The number of halogens is 1. The number of rotatable bonds is 6. The summed E-state index contributed by atoms with van der Waals surface area (Å²) in [6.07, 6.45) is 0. The fourth-order valence-corrected chi connectivity index (χ4v) is 3.84. The van der Waals surface area contributed by atoms with Gasteiger partial charge in [0, 0.05) is 24.2 Å². The molecule has 0 fully saturated rings. The first-order valence-corrected chi connectivity index (χ1v) is 9.41. The van der Waals surface area contributed by atoms with Gasteiger partial charge in [0.25, 0.3) is 5.91 Å². The van der Waals surface area contributed by atoms with Crippen LogP contribution in [0.3, 0.4) is 0 Å². The normalized spacial score (nSPS) is 11.9. The van der Waals surface area contributed by atoms with Crippen molar-refractivity contribution in [2.75, 3.05) is 20.3 Å². The minimum Gasteiger partial charge on any atom is -0.494 e. The van der Waals surface area contributed by atoms with Crippen LogP contribution in [0.2, 0.25) is 5.02 Å². The summed E-state index contributed by atoms with van der Waals surface area (Å²) in [7, 11) is 1.65. The molecule has 0 radical (unpaired) electrons. The number of fused-ring (bicyclic) bond motifs is 1. The van der Waals surface area contributed by atoms with Crippen LogP contribution in [0.5, 0.6) is 5.75 Å². The van der Waals surface area contributed by atoms with Gasteiger partial charge in [0.1, 0.15) is 5.75 Å². The van der Waals surface area contributed by atoms with E-state index in [1.54, 1.807) is 31.4 Å². The van der Waals surface area contributed by atoms with Gasteiger partial charge in [-0.25, -0.2) is 0 Å². The summed E-state index contributed by atoms with van der Waals surface area (Å²) in [6, 6.07) is 12.7.